The van der Waals surface area contributed by atoms with E-state index in [9.17, 15) is 29.7 Å². The van der Waals surface area contributed by atoms with E-state index in [1.807, 2.05) is 6.92 Å². The molecule has 0 aliphatic heterocycles. The summed E-state index contributed by atoms with van der Waals surface area (Å²) in [7, 11) is 0. The molecule has 3 atom stereocenters. The molecule has 0 saturated carbocycles. The van der Waals surface area contributed by atoms with Gasteiger partial charge in [-0.15, -0.1) is 0 Å². The predicted octanol–water partition coefficient (Wildman–Crippen LogP) is 0.873. The summed E-state index contributed by atoms with van der Waals surface area (Å²) in [6, 6.07) is 0. The van der Waals surface area contributed by atoms with Crippen LogP contribution in [-0.2, 0) is 42.8 Å². The van der Waals surface area contributed by atoms with E-state index in [1.165, 1.54) is 20.8 Å². The molecule has 0 fully saturated rings. The van der Waals surface area contributed by atoms with E-state index in [1.54, 1.807) is 0 Å². The summed E-state index contributed by atoms with van der Waals surface area (Å²) >= 11 is 0. The molecule has 3 unspecified atom stereocenters. The molecule has 0 saturated heterocycles. The standard InChI is InChI=1S/C27H44O12/c1-8-27(15-34-9-21(28)12-37-24(31)18(2)3,16-35-10-22(29)13-38-25(32)19(4)5)17-36-11-23(30)14-39-26(33)20(6)7/h21-23,28-30H,2,4,6,8-17H2,1,3,5,7H3. The van der Waals surface area contributed by atoms with E-state index in [4.69, 9.17) is 28.4 Å². The van der Waals surface area contributed by atoms with Crippen LogP contribution in [0.1, 0.15) is 34.1 Å². The van der Waals surface area contributed by atoms with E-state index in [2.05, 4.69) is 19.7 Å². The minimum absolute atomic E-state index is 0.0521. The first kappa shape index (κ1) is 36.4. The van der Waals surface area contributed by atoms with E-state index in [-0.39, 0.29) is 76.2 Å². The number of rotatable bonds is 22. The lowest BCUT2D eigenvalue weighted by molar-refractivity contribution is -0.145. The summed E-state index contributed by atoms with van der Waals surface area (Å²) in [6.07, 6.45) is -2.77. The van der Waals surface area contributed by atoms with Crippen LogP contribution in [0.2, 0.25) is 0 Å². The van der Waals surface area contributed by atoms with Gasteiger partial charge in [-0.2, -0.15) is 0 Å². The number of esters is 3. The first-order chi connectivity index (χ1) is 18.2. The third kappa shape index (κ3) is 16.9. The fourth-order valence-electron chi connectivity index (χ4n) is 2.70. The van der Waals surface area contributed by atoms with Crippen molar-refractivity contribution < 1.29 is 58.1 Å². The monoisotopic (exact) mass is 560 g/mol. The Bertz CT molecular complexity index is 719. The lowest BCUT2D eigenvalue weighted by Crippen LogP contribution is -2.40. The molecule has 12 nitrogen and oxygen atoms in total. The summed E-state index contributed by atoms with van der Waals surface area (Å²) in [4.78, 5) is 34.5. The Morgan fingerprint density at radius 3 is 1.05 bits per heavy atom. The molecular weight excluding hydrogens is 516 g/mol. The van der Waals surface area contributed by atoms with Gasteiger partial charge in [0.05, 0.1) is 39.6 Å². The molecule has 0 rings (SSSR count). The molecule has 0 heterocycles. The largest absolute Gasteiger partial charge is 0.460 e. The molecule has 0 bridgehead atoms. The van der Waals surface area contributed by atoms with Crippen LogP contribution in [0.3, 0.4) is 0 Å². The third-order valence-corrected chi connectivity index (χ3v) is 5.17. The number of ether oxygens (including phenoxy) is 6. The average Bonchev–Trinajstić information content (AvgIpc) is 2.88. The van der Waals surface area contributed by atoms with Gasteiger partial charge in [-0.1, -0.05) is 26.7 Å². The van der Waals surface area contributed by atoms with E-state index >= 15 is 0 Å². The highest BCUT2D eigenvalue weighted by Crippen LogP contribution is 2.24. The zero-order valence-electron chi connectivity index (χ0n) is 23.4. The summed E-state index contributed by atoms with van der Waals surface area (Å²) in [5.74, 6) is -1.88. The topological polar surface area (TPSA) is 167 Å². The van der Waals surface area contributed by atoms with Crippen molar-refractivity contribution in [2.75, 3.05) is 59.5 Å². The van der Waals surface area contributed by atoms with Gasteiger partial charge in [-0.3, -0.25) is 0 Å². The number of hydrogen-bond donors (Lipinski definition) is 3. The molecule has 0 aliphatic rings. The van der Waals surface area contributed by atoms with Gasteiger partial charge in [0.2, 0.25) is 0 Å². The van der Waals surface area contributed by atoms with Crippen LogP contribution in [0.15, 0.2) is 36.5 Å². The third-order valence-electron chi connectivity index (χ3n) is 5.17. The molecule has 0 aromatic heterocycles. The first-order valence-corrected chi connectivity index (χ1v) is 12.5. The van der Waals surface area contributed by atoms with Crippen molar-refractivity contribution in [3.05, 3.63) is 36.5 Å². The van der Waals surface area contributed by atoms with Gasteiger partial charge in [-0.25, -0.2) is 14.4 Å². The maximum atomic E-state index is 11.5. The Hall–Kier alpha value is -2.61. The highest BCUT2D eigenvalue weighted by atomic mass is 16.6. The summed E-state index contributed by atoms with van der Waals surface area (Å²) in [6.45, 7) is 15.6. The highest BCUT2D eigenvalue weighted by Gasteiger charge is 2.31. The number of aliphatic hydroxyl groups is 3. The van der Waals surface area contributed by atoms with Crippen LogP contribution >= 0.6 is 0 Å². The molecule has 0 aromatic rings. The molecule has 0 amide bonds. The zero-order chi connectivity index (χ0) is 30.0. The number of aliphatic hydroxyl groups excluding tert-OH is 3. The van der Waals surface area contributed by atoms with Crippen molar-refractivity contribution in [1.82, 2.24) is 0 Å². The Balaban J connectivity index is 4.97. The van der Waals surface area contributed by atoms with Crippen molar-refractivity contribution in [2.24, 2.45) is 5.41 Å². The molecular formula is C27H44O12. The van der Waals surface area contributed by atoms with Crippen LogP contribution in [0.5, 0.6) is 0 Å². The second-order valence-corrected chi connectivity index (χ2v) is 9.50. The van der Waals surface area contributed by atoms with E-state index in [0.717, 1.165) is 0 Å². The number of carbonyl (C=O) groups excluding carboxylic acids is 3. The van der Waals surface area contributed by atoms with Gasteiger partial charge >= 0.3 is 17.9 Å². The molecule has 224 valence electrons. The van der Waals surface area contributed by atoms with Crippen molar-refractivity contribution in [2.45, 2.75) is 52.4 Å². The Labute approximate surface area is 230 Å². The quantitative estimate of drug-likeness (QED) is 0.0973. The smallest absolute Gasteiger partial charge is 0.333 e. The van der Waals surface area contributed by atoms with Gasteiger partial charge in [0.1, 0.15) is 38.1 Å². The Morgan fingerprint density at radius 2 is 0.846 bits per heavy atom. The Morgan fingerprint density at radius 1 is 0.590 bits per heavy atom. The fourth-order valence-corrected chi connectivity index (χ4v) is 2.70. The second kappa shape index (κ2) is 19.4. The lowest BCUT2D eigenvalue weighted by Gasteiger charge is -2.33. The minimum atomic E-state index is -1.08. The van der Waals surface area contributed by atoms with Gasteiger partial charge < -0.3 is 43.7 Å². The summed E-state index contributed by atoms with van der Waals surface area (Å²) in [5, 5.41) is 30.2. The van der Waals surface area contributed by atoms with E-state index < -0.39 is 41.6 Å². The van der Waals surface area contributed by atoms with Gasteiger partial charge in [-0.05, 0) is 27.2 Å². The normalized spacial score (nSPS) is 14.8. The molecule has 0 aromatic carbocycles. The molecule has 0 aliphatic carbocycles. The fraction of sp³-hybridized carbons (Fsp3) is 0.667. The molecule has 12 heteroatoms. The van der Waals surface area contributed by atoms with Crippen molar-refractivity contribution >= 4 is 17.9 Å². The molecule has 0 spiro atoms. The number of hydrogen-bond acceptors (Lipinski definition) is 12. The van der Waals surface area contributed by atoms with Crippen molar-refractivity contribution in [3.63, 3.8) is 0 Å². The molecule has 0 radical (unpaired) electrons. The zero-order valence-corrected chi connectivity index (χ0v) is 23.4. The first-order valence-electron chi connectivity index (χ1n) is 12.5. The number of carbonyl (C=O) groups is 3. The van der Waals surface area contributed by atoms with Gasteiger partial charge in [0.25, 0.3) is 0 Å². The van der Waals surface area contributed by atoms with Gasteiger partial charge in [0, 0.05) is 22.1 Å². The summed E-state index contributed by atoms with van der Waals surface area (Å²) in [5.41, 5.74) is -0.155. The SMILES string of the molecule is C=C(C)C(=O)OCC(O)COCC(CC)(COCC(O)COC(=O)C(=C)C)COCC(O)COC(=O)C(=C)C. The van der Waals surface area contributed by atoms with Gasteiger partial charge in [0.15, 0.2) is 0 Å². The highest BCUT2D eigenvalue weighted by molar-refractivity contribution is 5.87. The van der Waals surface area contributed by atoms with Crippen LogP contribution in [-0.4, -0.2) is 111 Å². The molecule has 39 heavy (non-hydrogen) atoms. The minimum Gasteiger partial charge on any atom is -0.460 e. The van der Waals surface area contributed by atoms with Crippen LogP contribution in [0, 0.1) is 5.41 Å². The van der Waals surface area contributed by atoms with Crippen LogP contribution in [0.25, 0.3) is 0 Å². The maximum Gasteiger partial charge on any atom is 0.333 e. The summed E-state index contributed by atoms with van der Waals surface area (Å²) < 4.78 is 31.7. The van der Waals surface area contributed by atoms with Crippen LogP contribution in [0.4, 0.5) is 0 Å². The molecule has 3 N–H and O–H groups in total. The maximum absolute atomic E-state index is 11.5. The van der Waals surface area contributed by atoms with Crippen LogP contribution < -0.4 is 0 Å². The predicted molar refractivity (Wildman–Crippen MR) is 141 cm³/mol. The lowest BCUT2D eigenvalue weighted by atomic mass is 9.88. The van der Waals surface area contributed by atoms with Crippen molar-refractivity contribution in [3.8, 4) is 0 Å². The second-order valence-electron chi connectivity index (χ2n) is 9.50. The van der Waals surface area contributed by atoms with E-state index in [0.29, 0.717) is 6.42 Å². The average molecular weight is 561 g/mol. The Kier molecular flexibility index (Phi) is 18.1. The van der Waals surface area contributed by atoms with Crippen molar-refractivity contribution in [1.29, 1.82) is 0 Å².